The lowest BCUT2D eigenvalue weighted by Gasteiger charge is -1.98. The molecule has 0 fully saturated rings. The first kappa shape index (κ1) is 7.80. The van der Waals surface area contributed by atoms with Gasteiger partial charge in [0, 0.05) is 10.7 Å². The van der Waals surface area contributed by atoms with E-state index in [-0.39, 0.29) is 0 Å². The summed E-state index contributed by atoms with van der Waals surface area (Å²) in [5, 5.41) is 6.42. The summed E-state index contributed by atoms with van der Waals surface area (Å²) >= 11 is 3.40. The SMILES string of the molecule is BrCCn1ncc2ccccc21. The molecule has 0 atom stereocenters. The number of benzene rings is 1. The quantitative estimate of drug-likeness (QED) is 0.717. The summed E-state index contributed by atoms with van der Waals surface area (Å²) in [6.07, 6.45) is 1.90. The van der Waals surface area contributed by atoms with Crippen molar-refractivity contribution in [2.75, 3.05) is 5.33 Å². The molecule has 0 aliphatic rings. The van der Waals surface area contributed by atoms with Crippen LogP contribution in [0.5, 0.6) is 0 Å². The third-order valence-electron chi connectivity index (χ3n) is 1.85. The Bertz CT molecular complexity index is 381. The molecular formula is C9H9BrN2. The molecule has 0 bridgehead atoms. The van der Waals surface area contributed by atoms with Gasteiger partial charge < -0.3 is 0 Å². The summed E-state index contributed by atoms with van der Waals surface area (Å²) < 4.78 is 2.00. The zero-order valence-electron chi connectivity index (χ0n) is 6.57. The number of alkyl halides is 1. The Morgan fingerprint density at radius 1 is 1.33 bits per heavy atom. The minimum absolute atomic E-state index is 0.924. The Hall–Kier alpha value is -0.830. The molecule has 12 heavy (non-hydrogen) atoms. The van der Waals surface area contributed by atoms with Crippen molar-refractivity contribution >= 4 is 26.8 Å². The predicted molar refractivity (Wildman–Crippen MR) is 53.5 cm³/mol. The average molecular weight is 225 g/mol. The molecule has 1 aromatic carbocycles. The molecule has 0 unspecified atom stereocenters. The highest BCUT2D eigenvalue weighted by Gasteiger charge is 1.98. The lowest BCUT2D eigenvalue weighted by Crippen LogP contribution is -1.99. The number of halogens is 1. The highest BCUT2D eigenvalue weighted by molar-refractivity contribution is 9.09. The monoisotopic (exact) mass is 224 g/mol. The molecule has 2 rings (SSSR count). The van der Waals surface area contributed by atoms with E-state index in [9.17, 15) is 0 Å². The number of para-hydroxylation sites is 1. The van der Waals surface area contributed by atoms with Crippen molar-refractivity contribution in [3.63, 3.8) is 0 Å². The van der Waals surface area contributed by atoms with E-state index in [1.165, 1.54) is 10.9 Å². The Labute approximate surface area is 79.3 Å². The summed E-state index contributed by atoms with van der Waals surface area (Å²) in [4.78, 5) is 0. The number of rotatable bonds is 2. The van der Waals surface area contributed by atoms with E-state index in [0.29, 0.717) is 0 Å². The third kappa shape index (κ3) is 1.25. The van der Waals surface area contributed by atoms with Gasteiger partial charge in [-0.15, -0.1) is 0 Å². The molecule has 0 spiro atoms. The second-order valence-corrected chi connectivity index (χ2v) is 3.41. The van der Waals surface area contributed by atoms with Gasteiger partial charge in [0.2, 0.25) is 0 Å². The summed E-state index contributed by atoms with van der Waals surface area (Å²) in [6, 6.07) is 8.23. The van der Waals surface area contributed by atoms with E-state index in [4.69, 9.17) is 0 Å². The highest BCUT2D eigenvalue weighted by atomic mass is 79.9. The number of hydrogen-bond acceptors (Lipinski definition) is 1. The van der Waals surface area contributed by atoms with Crippen molar-refractivity contribution < 1.29 is 0 Å². The maximum Gasteiger partial charge on any atom is 0.0682 e. The van der Waals surface area contributed by atoms with E-state index >= 15 is 0 Å². The van der Waals surface area contributed by atoms with Gasteiger partial charge in [-0.1, -0.05) is 34.1 Å². The second-order valence-electron chi connectivity index (χ2n) is 2.62. The third-order valence-corrected chi connectivity index (χ3v) is 2.20. The lowest BCUT2D eigenvalue weighted by atomic mass is 10.3. The van der Waals surface area contributed by atoms with Crippen molar-refractivity contribution in [3.05, 3.63) is 30.5 Å². The molecule has 0 amide bonds. The van der Waals surface area contributed by atoms with E-state index in [0.717, 1.165) is 11.9 Å². The zero-order chi connectivity index (χ0) is 8.39. The fraction of sp³-hybridized carbons (Fsp3) is 0.222. The summed E-state index contributed by atoms with van der Waals surface area (Å²) in [5.41, 5.74) is 1.21. The number of fused-ring (bicyclic) bond motifs is 1. The molecule has 2 aromatic rings. The number of hydrogen-bond donors (Lipinski definition) is 0. The molecule has 0 saturated carbocycles. The molecule has 0 saturated heterocycles. The fourth-order valence-electron chi connectivity index (χ4n) is 1.28. The van der Waals surface area contributed by atoms with E-state index in [2.05, 4.69) is 33.2 Å². The van der Waals surface area contributed by atoms with Crippen molar-refractivity contribution in [1.29, 1.82) is 0 Å². The standard InChI is InChI=1S/C9H9BrN2/c10-5-6-12-9-4-2-1-3-8(9)7-11-12/h1-4,7H,5-6H2. The smallest absolute Gasteiger partial charge is 0.0682 e. The number of nitrogens with zero attached hydrogens (tertiary/aromatic N) is 2. The van der Waals surface area contributed by atoms with E-state index in [1.54, 1.807) is 0 Å². The summed E-state index contributed by atoms with van der Waals surface area (Å²) in [5.74, 6) is 0. The predicted octanol–water partition coefficient (Wildman–Crippen LogP) is 2.43. The Balaban J connectivity index is 2.55. The average Bonchev–Trinajstić information content (AvgIpc) is 2.50. The molecule has 0 aliphatic heterocycles. The molecule has 62 valence electrons. The Kier molecular flexibility index (Phi) is 2.13. The van der Waals surface area contributed by atoms with Crippen LogP contribution < -0.4 is 0 Å². The molecule has 0 aliphatic carbocycles. The van der Waals surface area contributed by atoms with Crippen molar-refractivity contribution in [2.24, 2.45) is 0 Å². The molecule has 0 radical (unpaired) electrons. The van der Waals surface area contributed by atoms with Gasteiger partial charge in [-0.05, 0) is 6.07 Å². The Morgan fingerprint density at radius 2 is 2.17 bits per heavy atom. The van der Waals surface area contributed by atoms with Crippen LogP contribution in [0.2, 0.25) is 0 Å². The number of aryl methyl sites for hydroxylation is 1. The van der Waals surface area contributed by atoms with Gasteiger partial charge in [-0.2, -0.15) is 5.10 Å². The van der Waals surface area contributed by atoms with Gasteiger partial charge in [-0.3, -0.25) is 4.68 Å². The molecular weight excluding hydrogens is 216 g/mol. The van der Waals surface area contributed by atoms with Crippen molar-refractivity contribution in [2.45, 2.75) is 6.54 Å². The first-order valence-electron chi connectivity index (χ1n) is 3.88. The van der Waals surface area contributed by atoms with Crippen LogP contribution in [0, 0.1) is 0 Å². The normalized spacial score (nSPS) is 10.8. The Morgan fingerprint density at radius 3 is 3.00 bits per heavy atom. The summed E-state index contributed by atoms with van der Waals surface area (Å²) in [7, 11) is 0. The van der Waals surface area contributed by atoms with Crippen LogP contribution in [0.15, 0.2) is 30.5 Å². The van der Waals surface area contributed by atoms with Crippen molar-refractivity contribution in [1.82, 2.24) is 9.78 Å². The topological polar surface area (TPSA) is 17.8 Å². The van der Waals surface area contributed by atoms with Gasteiger partial charge in [0.05, 0.1) is 18.3 Å². The minimum Gasteiger partial charge on any atom is -0.264 e. The largest absolute Gasteiger partial charge is 0.264 e. The molecule has 1 aromatic heterocycles. The summed E-state index contributed by atoms with van der Waals surface area (Å²) in [6.45, 7) is 0.924. The van der Waals surface area contributed by atoms with E-state index in [1.807, 2.05) is 23.0 Å². The first-order valence-corrected chi connectivity index (χ1v) is 5.00. The van der Waals surface area contributed by atoms with Gasteiger partial charge in [0.15, 0.2) is 0 Å². The van der Waals surface area contributed by atoms with Gasteiger partial charge in [0.1, 0.15) is 0 Å². The van der Waals surface area contributed by atoms with Crippen LogP contribution in [0.25, 0.3) is 10.9 Å². The highest BCUT2D eigenvalue weighted by Crippen LogP contribution is 2.12. The molecule has 1 heterocycles. The molecule has 0 N–H and O–H groups in total. The zero-order valence-corrected chi connectivity index (χ0v) is 8.16. The van der Waals surface area contributed by atoms with Crippen molar-refractivity contribution in [3.8, 4) is 0 Å². The maximum atomic E-state index is 4.27. The van der Waals surface area contributed by atoms with Crippen LogP contribution in [-0.4, -0.2) is 15.1 Å². The minimum atomic E-state index is 0.924. The van der Waals surface area contributed by atoms with E-state index < -0.39 is 0 Å². The van der Waals surface area contributed by atoms with Gasteiger partial charge in [0.25, 0.3) is 0 Å². The van der Waals surface area contributed by atoms with Crippen LogP contribution in [0.1, 0.15) is 0 Å². The van der Waals surface area contributed by atoms with Gasteiger partial charge >= 0.3 is 0 Å². The number of aromatic nitrogens is 2. The molecule has 3 heteroatoms. The first-order chi connectivity index (χ1) is 5.92. The van der Waals surface area contributed by atoms with Crippen LogP contribution in [0.3, 0.4) is 0 Å². The van der Waals surface area contributed by atoms with Gasteiger partial charge in [-0.25, -0.2) is 0 Å². The fourth-order valence-corrected chi connectivity index (χ4v) is 1.62. The lowest BCUT2D eigenvalue weighted by molar-refractivity contribution is 0.694. The molecule has 2 nitrogen and oxygen atoms in total. The maximum absolute atomic E-state index is 4.27. The second kappa shape index (κ2) is 3.27. The van der Waals surface area contributed by atoms with Crippen LogP contribution in [-0.2, 0) is 6.54 Å². The van der Waals surface area contributed by atoms with Crippen LogP contribution in [0.4, 0.5) is 0 Å². The van der Waals surface area contributed by atoms with Crippen LogP contribution >= 0.6 is 15.9 Å².